The van der Waals surface area contributed by atoms with Gasteiger partial charge in [0.2, 0.25) is 0 Å². The molecule has 1 saturated heterocycles. The second-order valence-corrected chi connectivity index (χ2v) is 5.74. The number of rotatable bonds is 7. The summed E-state index contributed by atoms with van der Waals surface area (Å²) in [5.74, 6) is 0. The lowest BCUT2D eigenvalue weighted by molar-refractivity contribution is -0.193. The molecule has 0 amide bonds. The molecule has 0 N–H and O–H groups in total. The normalized spacial score (nSPS) is 22.6. The molecule has 1 aromatic rings. The molecule has 2 heteroatoms. The zero-order chi connectivity index (χ0) is 14.2. The Bertz CT molecular complexity index is 399. The van der Waals surface area contributed by atoms with Gasteiger partial charge in [-0.3, -0.25) is 0 Å². The summed E-state index contributed by atoms with van der Waals surface area (Å²) in [7, 11) is 0. The van der Waals surface area contributed by atoms with Crippen molar-refractivity contribution in [2.45, 2.75) is 57.8 Å². The highest BCUT2D eigenvalue weighted by Gasteiger charge is 2.22. The summed E-state index contributed by atoms with van der Waals surface area (Å²) in [6.45, 7) is 6.75. The molecular weight excluding hydrogens is 248 g/mol. The standard InChI is InChI=1S/C18H26O2/c1-15(2)8-7-13-19-18-12-6-11-17(20-18)14-16-9-4-3-5-10-16/h3-5,9-10,17-18H,1,6-8,11-14H2,2H3/t17-,18-/m0/s1. The van der Waals surface area contributed by atoms with E-state index >= 15 is 0 Å². The van der Waals surface area contributed by atoms with Crippen LogP contribution in [-0.4, -0.2) is 19.0 Å². The highest BCUT2D eigenvalue weighted by Crippen LogP contribution is 2.23. The summed E-state index contributed by atoms with van der Waals surface area (Å²) < 4.78 is 11.9. The van der Waals surface area contributed by atoms with Crippen LogP contribution in [0.1, 0.15) is 44.6 Å². The molecule has 2 nitrogen and oxygen atoms in total. The van der Waals surface area contributed by atoms with Crippen LogP contribution in [0.15, 0.2) is 42.5 Å². The Kier molecular flexibility index (Phi) is 6.28. The topological polar surface area (TPSA) is 18.5 Å². The quantitative estimate of drug-likeness (QED) is 0.538. The van der Waals surface area contributed by atoms with E-state index < -0.39 is 0 Å². The largest absolute Gasteiger partial charge is 0.353 e. The van der Waals surface area contributed by atoms with Crippen molar-refractivity contribution in [3.63, 3.8) is 0 Å². The van der Waals surface area contributed by atoms with Gasteiger partial charge in [-0.2, -0.15) is 0 Å². The highest BCUT2D eigenvalue weighted by molar-refractivity contribution is 5.15. The van der Waals surface area contributed by atoms with Crippen LogP contribution in [0.2, 0.25) is 0 Å². The number of allylic oxidation sites excluding steroid dienone is 1. The molecular formula is C18H26O2. The monoisotopic (exact) mass is 274 g/mol. The smallest absolute Gasteiger partial charge is 0.157 e. The van der Waals surface area contributed by atoms with Crippen LogP contribution in [0.25, 0.3) is 0 Å². The van der Waals surface area contributed by atoms with Gasteiger partial charge in [-0.1, -0.05) is 35.9 Å². The molecule has 0 radical (unpaired) electrons. The third kappa shape index (κ3) is 5.48. The number of hydrogen-bond donors (Lipinski definition) is 0. The lowest BCUT2D eigenvalue weighted by Gasteiger charge is -2.30. The minimum absolute atomic E-state index is 0.0115. The Hall–Kier alpha value is -1.12. The Morgan fingerprint density at radius 2 is 2.10 bits per heavy atom. The van der Waals surface area contributed by atoms with Crippen LogP contribution >= 0.6 is 0 Å². The summed E-state index contributed by atoms with van der Waals surface area (Å²) >= 11 is 0. The Labute approximate surface area is 122 Å². The van der Waals surface area contributed by atoms with E-state index in [1.54, 1.807) is 0 Å². The second kappa shape index (κ2) is 8.23. The zero-order valence-electron chi connectivity index (χ0n) is 12.5. The lowest BCUT2D eigenvalue weighted by Crippen LogP contribution is -2.31. The second-order valence-electron chi connectivity index (χ2n) is 5.74. The summed E-state index contributed by atoms with van der Waals surface area (Å²) in [5, 5.41) is 0. The van der Waals surface area contributed by atoms with Crippen molar-refractivity contribution in [2.75, 3.05) is 6.61 Å². The summed E-state index contributed by atoms with van der Waals surface area (Å²) in [5.41, 5.74) is 2.57. The fourth-order valence-electron chi connectivity index (χ4n) is 2.60. The maximum absolute atomic E-state index is 6.05. The van der Waals surface area contributed by atoms with Crippen molar-refractivity contribution in [3.8, 4) is 0 Å². The molecule has 2 atom stereocenters. The minimum Gasteiger partial charge on any atom is -0.353 e. The maximum atomic E-state index is 6.05. The van der Waals surface area contributed by atoms with Gasteiger partial charge >= 0.3 is 0 Å². The number of benzene rings is 1. The molecule has 0 aliphatic carbocycles. The van der Waals surface area contributed by atoms with Crippen LogP contribution in [-0.2, 0) is 15.9 Å². The van der Waals surface area contributed by atoms with Crippen LogP contribution < -0.4 is 0 Å². The van der Waals surface area contributed by atoms with Gasteiger partial charge < -0.3 is 9.47 Å². The molecule has 1 fully saturated rings. The van der Waals surface area contributed by atoms with Crippen LogP contribution in [0.5, 0.6) is 0 Å². The van der Waals surface area contributed by atoms with Crippen molar-refractivity contribution in [3.05, 3.63) is 48.0 Å². The summed E-state index contributed by atoms with van der Waals surface area (Å²) in [6, 6.07) is 10.6. The fourth-order valence-corrected chi connectivity index (χ4v) is 2.60. The fraction of sp³-hybridized carbons (Fsp3) is 0.556. The maximum Gasteiger partial charge on any atom is 0.157 e. The third-order valence-corrected chi connectivity index (χ3v) is 3.67. The predicted molar refractivity (Wildman–Crippen MR) is 82.7 cm³/mol. The van der Waals surface area contributed by atoms with E-state index in [0.717, 1.165) is 38.7 Å². The van der Waals surface area contributed by atoms with Gasteiger partial charge in [-0.05, 0) is 51.0 Å². The Morgan fingerprint density at radius 1 is 1.30 bits per heavy atom. The third-order valence-electron chi connectivity index (χ3n) is 3.67. The molecule has 0 bridgehead atoms. The minimum atomic E-state index is -0.0115. The van der Waals surface area contributed by atoms with E-state index in [1.807, 2.05) is 0 Å². The van der Waals surface area contributed by atoms with E-state index in [9.17, 15) is 0 Å². The molecule has 2 rings (SSSR count). The first-order chi connectivity index (χ1) is 9.74. The van der Waals surface area contributed by atoms with E-state index in [-0.39, 0.29) is 6.29 Å². The van der Waals surface area contributed by atoms with E-state index in [1.165, 1.54) is 17.6 Å². The molecule has 0 saturated carbocycles. The van der Waals surface area contributed by atoms with Crippen molar-refractivity contribution < 1.29 is 9.47 Å². The Balaban J connectivity index is 1.70. The zero-order valence-corrected chi connectivity index (χ0v) is 12.5. The van der Waals surface area contributed by atoms with Crippen LogP contribution in [0.3, 0.4) is 0 Å². The van der Waals surface area contributed by atoms with Crippen LogP contribution in [0.4, 0.5) is 0 Å². The number of hydrogen-bond acceptors (Lipinski definition) is 2. The van der Waals surface area contributed by atoms with E-state index in [0.29, 0.717) is 6.10 Å². The number of ether oxygens (including phenoxy) is 2. The molecule has 0 unspecified atom stereocenters. The lowest BCUT2D eigenvalue weighted by atomic mass is 10.0. The first-order valence-corrected chi connectivity index (χ1v) is 7.69. The van der Waals surface area contributed by atoms with Gasteiger partial charge in [0, 0.05) is 0 Å². The highest BCUT2D eigenvalue weighted by atomic mass is 16.7. The first-order valence-electron chi connectivity index (χ1n) is 7.69. The SMILES string of the molecule is C=C(C)CCCO[C@@H]1CCC[C@@H](Cc2ccccc2)O1. The predicted octanol–water partition coefficient (Wildman–Crippen LogP) is 4.50. The van der Waals surface area contributed by atoms with Gasteiger partial charge in [-0.25, -0.2) is 0 Å². The molecule has 1 heterocycles. The van der Waals surface area contributed by atoms with Crippen molar-refractivity contribution >= 4 is 0 Å². The average molecular weight is 274 g/mol. The molecule has 0 spiro atoms. The molecule has 1 aliphatic heterocycles. The molecule has 1 aliphatic rings. The van der Waals surface area contributed by atoms with Gasteiger partial charge in [0.1, 0.15) is 0 Å². The summed E-state index contributed by atoms with van der Waals surface area (Å²) in [6.07, 6.45) is 6.73. The molecule has 0 aromatic heterocycles. The molecule has 110 valence electrons. The first kappa shape index (κ1) is 15.3. The van der Waals surface area contributed by atoms with Gasteiger partial charge in [0.25, 0.3) is 0 Å². The van der Waals surface area contributed by atoms with Crippen LogP contribution in [0, 0.1) is 0 Å². The molecule has 20 heavy (non-hydrogen) atoms. The van der Waals surface area contributed by atoms with Crippen molar-refractivity contribution in [2.24, 2.45) is 0 Å². The van der Waals surface area contributed by atoms with Crippen molar-refractivity contribution in [1.82, 2.24) is 0 Å². The molecule has 1 aromatic carbocycles. The van der Waals surface area contributed by atoms with E-state index in [4.69, 9.17) is 9.47 Å². The van der Waals surface area contributed by atoms with Gasteiger partial charge in [0.15, 0.2) is 6.29 Å². The van der Waals surface area contributed by atoms with Crippen molar-refractivity contribution in [1.29, 1.82) is 0 Å². The summed E-state index contributed by atoms with van der Waals surface area (Å²) in [4.78, 5) is 0. The van der Waals surface area contributed by atoms with E-state index in [2.05, 4.69) is 43.8 Å². The van der Waals surface area contributed by atoms with Gasteiger partial charge in [0.05, 0.1) is 12.7 Å². The average Bonchev–Trinajstić information content (AvgIpc) is 2.45. The Morgan fingerprint density at radius 3 is 2.85 bits per heavy atom. The van der Waals surface area contributed by atoms with Gasteiger partial charge in [-0.15, -0.1) is 6.58 Å².